The van der Waals surface area contributed by atoms with Gasteiger partial charge < -0.3 is 18.9 Å². The van der Waals surface area contributed by atoms with E-state index in [4.69, 9.17) is 18.9 Å². The van der Waals surface area contributed by atoms with Gasteiger partial charge in [0.05, 0.1) is 39.0 Å². The molecule has 0 aliphatic carbocycles. The van der Waals surface area contributed by atoms with Crippen LogP contribution in [0.1, 0.15) is 26.7 Å². The van der Waals surface area contributed by atoms with Gasteiger partial charge in [0, 0.05) is 12.8 Å². The Morgan fingerprint density at radius 2 is 0.810 bits per heavy atom. The summed E-state index contributed by atoms with van der Waals surface area (Å²) < 4.78 is 22.7. The maximum atomic E-state index is 5.96. The lowest BCUT2D eigenvalue weighted by atomic mass is 9.86. The molecule has 0 unspecified atom stereocenters. The Morgan fingerprint density at radius 3 is 1.14 bits per heavy atom. The van der Waals surface area contributed by atoms with Gasteiger partial charge in [-0.3, -0.25) is 0 Å². The number of benzene rings is 5. The average molecular weight is 559 g/mol. The molecule has 214 valence electrons. The van der Waals surface area contributed by atoms with Crippen LogP contribution in [0.4, 0.5) is 0 Å². The summed E-state index contributed by atoms with van der Waals surface area (Å²) in [5.74, 6) is 1.73. The smallest absolute Gasteiger partial charge is 0.119 e. The van der Waals surface area contributed by atoms with Crippen molar-refractivity contribution in [2.24, 2.45) is 0 Å². The molecule has 0 N–H and O–H groups in total. The van der Waals surface area contributed by atoms with Crippen molar-refractivity contribution >= 4 is 21.5 Å². The molecule has 0 atom stereocenters. The van der Waals surface area contributed by atoms with E-state index < -0.39 is 0 Å². The normalized spacial score (nSPS) is 11.5. The molecule has 0 amide bonds. The van der Waals surface area contributed by atoms with E-state index in [0.29, 0.717) is 26.4 Å². The summed E-state index contributed by atoms with van der Waals surface area (Å²) >= 11 is 0. The maximum absolute atomic E-state index is 5.96. The first-order valence-electron chi connectivity index (χ1n) is 14.7. The van der Waals surface area contributed by atoms with Crippen molar-refractivity contribution in [1.29, 1.82) is 0 Å². The zero-order valence-corrected chi connectivity index (χ0v) is 24.4. The van der Waals surface area contributed by atoms with E-state index in [9.17, 15) is 0 Å². The van der Waals surface area contributed by atoms with Crippen molar-refractivity contribution in [2.75, 3.05) is 26.4 Å². The molecule has 5 aromatic rings. The Hall–Kier alpha value is -4.70. The third-order valence-electron chi connectivity index (χ3n) is 7.03. The highest BCUT2D eigenvalue weighted by atomic mass is 16.5. The lowest BCUT2D eigenvalue weighted by Crippen LogP contribution is -2.01. The first-order valence-corrected chi connectivity index (χ1v) is 14.7. The second kappa shape index (κ2) is 14.8. The highest BCUT2D eigenvalue weighted by molar-refractivity contribution is 6.21. The Labute approximate surface area is 248 Å². The SMILES string of the molecule is CC=COCCCOc1ccc(-c2c3ccccc3c(-c3ccc(OCCCOC=CC)cc3)c3ccccc23)cc1. The van der Waals surface area contributed by atoms with Crippen LogP contribution in [0.3, 0.4) is 0 Å². The number of allylic oxidation sites excluding steroid dienone is 2. The van der Waals surface area contributed by atoms with Gasteiger partial charge in [-0.2, -0.15) is 0 Å². The van der Waals surface area contributed by atoms with Gasteiger partial charge >= 0.3 is 0 Å². The van der Waals surface area contributed by atoms with Gasteiger partial charge in [-0.15, -0.1) is 0 Å². The number of hydrogen-bond donors (Lipinski definition) is 0. The third kappa shape index (κ3) is 6.95. The van der Waals surface area contributed by atoms with E-state index in [0.717, 1.165) is 24.3 Å². The molecule has 0 aromatic heterocycles. The molecule has 0 radical (unpaired) electrons. The Balaban J connectivity index is 1.42. The predicted molar refractivity (Wildman–Crippen MR) is 174 cm³/mol. The molecule has 5 aromatic carbocycles. The van der Waals surface area contributed by atoms with Crippen LogP contribution in [0.2, 0.25) is 0 Å². The van der Waals surface area contributed by atoms with Crippen LogP contribution >= 0.6 is 0 Å². The summed E-state index contributed by atoms with van der Waals surface area (Å²) in [6.07, 6.45) is 8.87. The Kier molecular flexibility index (Phi) is 10.1. The summed E-state index contributed by atoms with van der Waals surface area (Å²) in [6, 6.07) is 34.3. The minimum atomic E-state index is 0.617. The number of hydrogen-bond acceptors (Lipinski definition) is 4. The fourth-order valence-electron chi connectivity index (χ4n) is 5.18. The van der Waals surface area contributed by atoms with Gasteiger partial charge in [0.2, 0.25) is 0 Å². The lowest BCUT2D eigenvalue weighted by molar-refractivity contribution is 0.208. The summed E-state index contributed by atoms with van der Waals surface area (Å²) in [5.41, 5.74) is 4.80. The second-order valence-corrected chi connectivity index (χ2v) is 9.97. The number of fused-ring (bicyclic) bond motifs is 2. The molecule has 42 heavy (non-hydrogen) atoms. The van der Waals surface area contributed by atoms with Crippen LogP contribution in [-0.2, 0) is 9.47 Å². The highest BCUT2D eigenvalue weighted by Crippen LogP contribution is 2.43. The maximum Gasteiger partial charge on any atom is 0.119 e. The van der Waals surface area contributed by atoms with Crippen molar-refractivity contribution in [2.45, 2.75) is 26.7 Å². The molecule has 0 bridgehead atoms. The molecule has 0 spiro atoms. The van der Waals surface area contributed by atoms with Gasteiger partial charge in [-0.25, -0.2) is 0 Å². The molecule has 5 rings (SSSR count). The summed E-state index contributed by atoms with van der Waals surface area (Å²) in [7, 11) is 0. The molecule has 4 heteroatoms. The van der Waals surface area contributed by atoms with Gasteiger partial charge in [0.15, 0.2) is 0 Å². The van der Waals surface area contributed by atoms with E-state index in [1.807, 2.05) is 26.0 Å². The van der Waals surface area contributed by atoms with E-state index in [1.165, 1.54) is 43.8 Å². The van der Waals surface area contributed by atoms with Crippen LogP contribution in [-0.4, -0.2) is 26.4 Å². The quantitative estimate of drug-likeness (QED) is 0.0772. The molecular formula is C38H38O4. The number of ether oxygens (including phenoxy) is 4. The lowest BCUT2D eigenvalue weighted by Gasteiger charge is -2.18. The van der Waals surface area contributed by atoms with Gasteiger partial charge in [-0.1, -0.05) is 84.9 Å². The zero-order valence-electron chi connectivity index (χ0n) is 24.4. The Bertz CT molecular complexity index is 1450. The summed E-state index contributed by atoms with van der Waals surface area (Å²) in [5, 5.41) is 4.90. The fourth-order valence-corrected chi connectivity index (χ4v) is 5.18. The third-order valence-corrected chi connectivity index (χ3v) is 7.03. The molecule has 0 aliphatic rings. The fraction of sp³-hybridized carbons (Fsp3) is 0.211. The van der Waals surface area contributed by atoms with E-state index in [2.05, 4.69) is 97.1 Å². The monoisotopic (exact) mass is 558 g/mol. The minimum Gasteiger partial charge on any atom is -0.501 e. The number of rotatable bonds is 14. The minimum absolute atomic E-state index is 0.617. The highest BCUT2D eigenvalue weighted by Gasteiger charge is 2.16. The molecule has 0 fully saturated rings. The van der Waals surface area contributed by atoms with Crippen molar-refractivity contribution in [3.8, 4) is 33.8 Å². The van der Waals surface area contributed by atoms with E-state index >= 15 is 0 Å². The van der Waals surface area contributed by atoms with Gasteiger partial charge in [-0.05, 0) is 81.9 Å². The molecule has 0 saturated heterocycles. The first-order chi connectivity index (χ1) is 20.8. The molecule has 0 heterocycles. The molecule has 0 aliphatic heterocycles. The molecule has 0 saturated carbocycles. The van der Waals surface area contributed by atoms with E-state index in [1.54, 1.807) is 12.5 Å². The van der Waals surface area contributed by atoms with E-state index in [-0.39, 0.29) is 0 Å². The predicted octanol–water partition coefficient (Wildman–Crippen LogP) is 9.97. The van der Waals surface area contributed by atoms with Crippen molar-refractivity contribution in [1.82, 2.24) is 0 Å². The van der Waals surface area contributed by atoms with Crippen molar-refractivity contribution < 1.29 is 18.9 Å². The standard InChI is InChI=1S/C38H38O4/c1-3-23-39-25-9-27-41-31-19-15-29(16-20-31)37-33-11-5-7-13-35(33)38(36-14-8-6-12-34(36)37)30-17-21-32(22-18-30)42-28-10-26-40-24-4-2/h3-8,11-24H,9-10,25-28H2,1-2H3. The largest absolute Gasteiger partial charge is 0.501 e. The Morgan fingerprint density at radius 1 is 0.452 bits per heavy atom. The van der Waals surface area contributed by atoms with Crippen molar-refractivity contribution in [3.05, 3.63) is 122 Å². The zero-order chi connectivity index (χ0) is 29.0. The van der Waals surface area contributed by atoms with Crippen LogP contribution < -0.4 is 9.47 Å². The topological polar surface area (TPSA) is 36.9 Å². The second-order valence-electron chi connectivity index (χ2n) is 9.97. The molecular weight excluding hydrogens is 520 g/mol. The summed E-state index contributed by atoms with van der Waals surface area (Å²) in [6.45, 7) is 6.41. The average Bonchev–Trinajstić information content (AvgIpc) is 3.04. The van der Waals surface area contributed by atoms with Gasteiger partial charge in [0.1, 0.15) is 11.5 Å². The van der Waals surface area contributed by atoms with Crippen LogP contribution in [0.5, 0.6) is 11.5 Å². The van der Waals surface area contributed by atoms with Crippen LogP contribution in [0, 0.1) is 0 Å². The first kappa shape index (κ1) is 28.8. The van der Waals surface area contributed by atoms with Crippen LogP contribution in [0.25, 0.3) is 43.8 Å². The van der Waals surface area contributed by atoms with Gasteiger partial charge in [0.25, 0.3) is 0 Å². The molecule has 4 nitrogen and oxygen atoms in total. The van der Waals surface area contributed by atoms with Crippen LogP contribution in [0.15, 0.2) is 122 Å². The summed E-state index contributed by atoms with van der Waals surface area (Å²) in [4.78, 5) is 0. The van der Waals surface area contributed by atoms with Crippen molar-refractivity contribution in [3.63, 3.8) is 0 Å².